The lowest BCUT2D eigenvalue weighted by atomic mass is 10.1. The average molecular weight is 198 g/mol. The summed E-state index contributed by atoms with van der Waals surface area (Å²) in [6.07, 6.45) is 0. The Morgan fingerprint density at radius 1 is 1.13 bits per heavy atom. The van der Waals surface area contributed by atoms with Crippen molar-refractivity contribution in [3.63, 3.8) is 0 Å². The fourth-order valence-electron chi connectivity index (χ4n) is 1.56. The van der Waals surface area contributed by atoms with Crippen LogP contribution in [0.25, 0.3) is 11.3 Å². The molecule has 1 aromatic heterocycles. The minimum absolute atomic E-state index is 0.569. The Balaban J connectivity index is 2.44. The van der Waals surface area contributed by atoms with Crippen molar-refractivity contribution in [2.45, 2.75) is 13.5 Å². The molecule has 15 heavy (non-hydrogen) atoms. The normalized spacial score (nSPS) is 10.3. The van der Waals surface area contributed by atoms with Crippen LogP contribution in [0.4, 0.5) is 0 Å². The number of aromatic nitrogens is 1. The van der Waals surface area contributed by atoms with E-state index in [9.17, 15) is 0 Å². The molecule has 0 aliphatic rings. The Hall–Kier alpha value is -1.67. The predicted octanol–water partition coefficient (Wildman–Crippen LogP) is 2.52. The zero-order chi connectivity index (χ0) is 10.7. The first-order valence-electron chi connectivity index (χ1n) is 5.02. The van der Waals surface area contributed by atoms with E-state index in [1.54, 1.807) is 0 Å². The highest BCUT2D eigenvalue weighted by Crippen LogP contribution is 2.18. The van der Waals surface area contributed by atoms with Gasteiger partial charge >= 0.3 is 0 Å². The molecule has 0 aliphatic heterocycles. The molecule has 2 nitrogen and oxygen atoms in total. The fourth-order valence-corrected chi connectivity index (χ4v) is 1.56. The number of aryl methyl sites for hydroxylation is 1. The molecule has 1 heterocycles. The van der Waals surface area contributed by atoms with Crippen molar-refractivity contribution in [1.82, 2.24) is 4.98 Å². The number of benzene rings is 1. The van der Waals surface area contributed by atoms with Crippen LogP contribution in [0.2, 0.25) is 0 Å². The van der Waals surface area contributed by atoms with Crippen molar-refractivity contribution in [3.8, 4) is 11.3 Å². The first-order valence-corrected chi connectivity index (χ1v) is 5.02. The monoisotopic (exact) mass is 198 g/mol. The van der Waals surface area contributed by atoms with Crippen LogP contribution in [-0.2, 0) is 6.54 Å². The van der Waals surface area contributed by atoms with Gasteiger partial charge in [-0.3, -0.25) is 4.98 Å². The zero-order valence-electron chi connectivity index (χ0n) is 8.77. The maximum absolute atomic E-state index is 5.61. The van der Waals surface area contributed by atoms with Crippen LogP contribution in [-0.4, -0.2) is 4.98 Å². The molecule has 2 heteroatoms. The van der Waals surface area contributed by atoms with Gasteiger partial charge in [-0.2, -0.15) is 0 Å². The van der Waals surface area contributed by atoms with Crippen molar-refractivity contribution in [2.75, 3.05) is 0 Å². The average Bonchev–Trinajstić information content (AvgIpc) is 2.29. The molecule has 0 aliphatic carbocycles. The van der Waals surface area contributed by atoms with Crippen molar-refractivity contribution >= 4 is 0 Å². The quantitative estimate of drug-likeness (QED) is 0.805. The van der Waals surface area contributed by atoms with E-state index < -0.39 is 0 Å². The van der Waals surface area contributed by atoms with E-state index in [0.717, 1.165) is 22.5 Å². The molecule has 2 rings (SSSR count). The van der Waals surface area contributed by atoms with E-state index in [-0.39, 0.29) is 0 Å². The van der Waals surface area contributed by atoms with Crippen LogP contribution in [0.3, 0.4) is 0 Å². The minimum Gasteiger partial charge on any atom is -0.326 e. The minimum atomic E-state index is 0.569. The van der Waals surface area contributed by atoms with Gasteiger partial charge in [0.05, 0.1) is 5.69 Å². The van der Waals surface area contributed by atoms with E-state index in [1.807, 2.05) is 37.3 Å². The van der Waals surface area contributed by atoms with Crippen LogP contribution in [0.15, 0.2) is 42.5 Å². The second-order valence-electron chi connectivity index (χ2n) is 3.57. The molecular formula is C13H14N2. The first-order chi connectivity index (χ1) is 7.29. The maximum Gasteiger partial charge on any atom is 0.0705 e. The maximum atomic E-state index is 5.61. The highest BCUT2D eigenvalue weighted by atomic mass is 14.7. The number of hydrogen-bond donors (Lipinski definition) is 1. The first kappa shape index (κ1) is 9.87. The van der Waals surface area contributed by atoms with E-state index in [1.165, 1.54) is 0 Å². The summed E-state index contributed by atoms with van der Waals surface area (Å²) in [5.74, 6) is 0. The second kappa shape index (κ2) is 4.24. The van der Waals surface area contributed by atoms with E-state index in [2.05, 4.69) is 17.1 Å². The van der Waals surface area contributed by atoms with Gasteiger partial charge in [0.15, 0.2) is 0 Å². The number of rotatable bonds is 2. The molecule has 2 N–H and O–H groups in total. The van der Waals surface area contributed by atoms with E-state index >= 15 is 0 Å². The van der Waals surface area contributed by atoms with Crippen LogP contribution in [0.1, 0.15) is 11.3 Å². The van der Waals surface area contributed by atoms with Gasteiger partial charge in [0.1, 0.15) is 0 Å². The molecule has 0 atom stereocenters. The van der Waals surface area contributed by atoms with Crippen LogP contribution in [0.5, 0.6) is 0 Å². The standard InChI is InChI=1S/C13H14N2/c1-10-4-2-7-13(15-10)12-6-3-5-11(8-12)9-14/h2-8H,9,14H2,1H3. The molecule has 0 bridgehead atoms. The fraction of sp³-hybridized carbons (Fsp3) is 0.154. The molecule has 1 aromatic carbocycles. The number of hydrogen-bond acceptors (Lipinski definition) is 2. The van der Waals surface area contributed by atoms with Gasteiger partial charge < -0.3 is 5.73 Å². The molecular weight excluding hydrogens is 184 g/mol. The Bertz CT molecular complexity index is 464. The molecule has 2 aromatic rings. The Morgan fingerprint density at radius 3 is 2.67 bits per heavy atom. The summed E-state index contributed by atoms with van der Waals surface area (Å²) in [5.41, 5.74) is 9.91. The predicted molar refractivity (Wildman–Crippen MR) is 62.3 cm³/mol. The summed E-state index contributed by atoms with van der Waals surface area (Å²) in [6, 6.07) is 14.2. The van der Waals surface area contributed by atoms with Gasteiger partial charge in [-0.05, 0) is 30.7 Å². The number of pyridine rings is 1. The summed E-state index contributed by atoms with van der Waals surface area (Å²) in [7, 11) is 0. The van der Waals surface area contributed by atoms with Crippen LogP contribution < -0.4 is 5.73 Å². The number of nitrogens with two attached hydrogens (primary N) is 1. The largest absolute Gasteiger partial charge is 0.326 e. The zero-order valence-corrected chi connectivity index (χ0v) is 8.77. The summed E-state index contributed by atoms with van der Waals surface area (Å²) in [4.78, 5) is 4.48. The second-order valence-corrected chi connectivity index (χ2v) is 3.57. The smallest absolute Gasteiger partial charge is 0.0705 e. The summed E-state index contributed by atoms with van der Waals surface area (Å²) in [6.45, 7) is 2.57. The van der Waals surface area contributed by atoms with Crippen molar-refractivity contribution < 1.29 is 0 Å². The van der Waals surface area contributed by atoms with Gasteiger partial charge in [0.25, 0.3) is 0 Å². The third kappa shape index (κ3) is 2.22. The topological polar surface area (TPSA) is 38.9 Å². The Labute approximate surface area is 89.8 Å². The third-order valence-electron chi connectivity index (χ3n) is 2.35. The molecule has 76 valence electrons. The lowest BCUT2D eigenvalue weighted by molar-refractivity contribution is 1.07. The van der Waals surface area contributed by atoms with Crippen LogP contribution in [0, 0.1) is 6.92 Å². The van der Waals surface area contributed by atoms with Crippen molar-refractivity contribution in [3.05, 3.63) is 53.7 Å². The molecule has 0 spiro atoms. The SMILES string of the molecule is Cc1cccc(-c2cccc(CN)c2)n1. The molecule has 0 radical (unpaired) electrons. The highest BCUT2D eigenvalue weighted by molar-refractivity contribution is 5.60. The van der Waals surface area contributed by atoms with Crippen molar-refractivity contribution in [1.29, 1.82) is 0 Å². The molecule has 0 saturated heterocycles. The summed E-state index contributed by atoms with van der Waals surface area (Å²) >= 11 is 0. The van der Waals surface area contributed by atoms with Gasteiger partial charge in [-0.25, -0.2) is 0 Å². The third-order valence-corrected chi connectivity index (χ3v) is 2.35. The molecule has 0 amide bonds. The van der Waals surface area contributed by atoms with Crippen LogP contribution >= 0.6 is 0 Å². The Morgan fingerprint density at radius 2 is 1.93 bits per heavy atom. The summed E-state index contributed by atoms with van der Waals surface area (Å²) < 4.78 is 0. The molecule has 0 saturated carbocycles. The summed E-state index contributed by atoms with van der Waals surface area (Å²) in [5, 5.41) is 0. The van der Waals surface area contributed by atoms with Gasteiger partial charge in [0, 0.05) is 17.8 Å². The molecule has 0 unspecified atom stereocenters. The van der Waals surface area contributed by atoms with Gasteiger partial charge in [-0.1, -0.05) is 24.3 Å². The molecule has 0 fully saturated rings. The lowest BCUT2D eigenvalue weighted by Gasteiger charge is -2.03. The van der Waals surface area contributed by atoms with Gasteiger partial charge in [0.2, 0.25) is 0 Å². The lowest BCUT2D eigenvalue weighted by Crippen LogP contribution is -1.96. The highest BCUT2D eigenvalue weighted by Gasteiger charge is 1.99. The van der Waals surface area contributed by atoms with Crippen molar-refractivity contribution in [2.24, 2.45) is 5.73 Å². The van der Waals surface area contributed by atoms with Gasteiger partial charge in [-0.15, -0.1) is 0 Å². The van der Waals surface area contributed by atoms with E-state index in [0.29, 0.717) is 6.54 Å². The Kier molecular flexibility index (Phi) is 2.79. The van der Waals surface area contributed by atoms with E-state index in [4.69, 9.17) is 5.73 Å². The number of nitrogens with zero attached hydrogens (tertiary/aromatic N) is 1.